The van der Waals surface area contributed by atoms with Crippen molar-refractivity contribution in [2.24, 2.45) is 0 Å². The van der Waals surface area contributed by atoms with Crippen molar-refractivity contribution in [2.75, 3.05) is 0 Å². The highest BCUT2D eigenvalue weighted by atomic mass is 35.6. The van der Waals surface area contributed by atoms with E-state index in [1.165, 1.54) is 6.92 Å². The van der Waals surface area contributed by atoms with Crippen LogP contribution in [0.15, 0.2) is 30.3 Å². The van der Waals surface area contributed by atoms with Gasteiger partial charge < -0.3 is 4.74 Å². The molecule has 5 heteroatoms. The molecule has 1 atom stereocenters. The van der Waals surface area contributed by atoms with Crippen LogP contribution in [0.2, 0.25) is 0 Å². The summed E-state index contributed by atoms with van der Waals surface area (Å²) in [5, 5.41) is 0. The minimum Gasteiger partial charge on any atom is -0.458 e. The van der Waals surface area contributed by atoms with Crippen molar-refractivity contribution in [3.63, 3.8) is 0 Å². The predicted molar refractivity (Wildman–Crippen MR) is 70.6 cm³/mol. The van der Waals surface area contributed by atoms with Gasteiger partial charge >= 0.3 is 5.97 Å². The first-order valence-corrected chi connectivity index (χ1v) is 6.31. The summed E-state index contributed by atoms with van der Waals surface area (Å²) in [6, 6.07) is 9.76. The summed E-state index contributed by atoms with van der Waals surface area (Å²) in [6.45, 7) is 1.30. The first-order chi connectivity index (χ1) is 7.89. The molecule has 0 spiro atoms. The van der Waals surface area contributed by atoms with E-state index in [0.717, 1.165) is 5.56 Å². The molecule has 1 unspecified atom stereocenters. The third-order valence-corrected chi connectivity index (χ3v) is 2.94. The highest BCUT2D eigenvalue weighted by Crippen LogP contribution is 2.34. The smallest absolute Gasteiger partial charge is 0.303 e. The maximum atomic E-state index is 10.9. The molecular weight excluding hydrogens is 282 g/mol. The third kappa shape index (κ3) is 5.62. The van der Waals surface area contributed by atoms with Crippen LogP contribution in [0.4, 0.5) is 0 Å². The van der Waals surface area contributed by atoms with Gasteiger partial charge in [0.25, 0.3) is 0 Å². The van der Waals surface area contributed by atoms with E-state index in [4.69, 9.17) is 39.5 Å². The van der Waals surface area contributed by atoms with E-state index in [-0.39, 0.29) is 0 Å². The Morgan fingerprint density at radius 3 is 2.35 bits per heavy atom. The molecule has 0 fully saturated rings. The van der Waals surface area contributed by atoms with E-state index >= 15 is 0 Å². The molecule has 94 valence electrons. The van der Waals surface area contributed by atoms with Crippen molar-refractivity contribution < 1.29 is 9.53 Å². The quantitative estimate of drug-likeness (QED) is 0.621. The molecule has 0 bridgehead atoms. The van der Waals surface area contributed by atoms with Crippen LogP contribution < -0.4 is 0 Å². The van der Waals surface area contributed by atoms with Crippen molar-refractivity contribution in [2.45, 2.75) is 29.7 Å². The molecule has 2 nitrogen and oxygen atoms in total. The molecule has 0 radical (unpaired) electrons. The molecule has 0 N–H and O–H groups in total. The molecule has 0 heterocycles. The van der Waals surface area contributed by atoms with E-state index in [1.54, 1.807) is 0 Å². The van der Waals surface area contributed by atoms with Gasteiger partial charge in [0.2, 0.25) is 3.79 Å². The Balaban J connectivity index is 2.59. The van der Waals surface area contributed by atoms with Crippen molar-refractivity contribution >= 4 is 40.8 Å². The Morgan fingerprint density at radius 2 is 1.88 bits per heavy atom. The van der Waals surface area contributed by atoms with E-state index in [2.05, 4.69) is 0 Å². The van der Waals surface area contributed by atoms with Gasteiger partial charge in [-0.15, -0.1) is 0 Å². The summed E-state index contributed by atoms with van der Waals surface area (Å²) in [4.78, 5) is 10.9. The van der Waals surface area contributed by atoms with Gasteiger partial charge in [-0.2, -0.15) is 0 Å². The van der Waals surface area contributed by atoms with Gasteiger partial charge in [0.05, 0.1) is 0 Å². The van der Waals surface area contributed by atoms with Gasteiger partial charge in [-0.3, -0.25) is 4.79 Å². The number of carbonyl (C=O) groups excluding carboxylic acids is 1. The van der Waals surface area contributed by atoms with E-state index < -0.39 is 15.9 Å². The summed E-state index contributed by atoms with van der Waals surface area (Å²) in [5.41, 5.74) is 1.11. The summed E-state index contributed by atoms with van der Waals surface area (Å²) >= 11 is 17.3. The molecule has 0 saturated carbocycles. The highest BCUT2D eigenvalue weighted by Gasteiger charge is 2.34. The van der Waals surface area contributed by atoms with E-state index in [1.807, 2.05) is 30.3 Å². The van der Waals surface area contributed by atoms with Crippen molar-refractivity contribution in [3.8, 4) is 0 Å². The number of rotatable bonds is 4. The summed E-state index contributed by atoms with van der Waals surface area (Å²) < 4.78 is 3.40. The number of hydrogen-bond acceptors (Lipinski definition) is 2. The number of aryl methyl sites for hydroxylation is 1. The molecule has 1 aromatic rings. The second kappa shape index (κ2) is 6.48. The Labute approximate surface area is 116 Å². The fraction of sp³-hybridized carbons (Fsp3) is 0.417. The minimum atomic E-state index is -1.60. The Kier molecular flexibility index (Phi) is 5.57. The standard InChI is InChI=1S/C12H13Cl3O2/c1-9(16)17-11(12(13,14)15)8-7-10-5-3-2-4-6-10/h2-6,11H,7-8H2,1H3. The SMILES string of the molecule is CC(=O)OC(CCc1ccccc1)C(Cl)(Cl)Cl. The van der Waals surface area contributed by atoms with Gasteiger partial charge in [-0.25, -0.2) is 0 Å². The molecule has 17 heavy (non-hydrogen) atoms. The van der Waals surface area contributed by atoms with Crippen molar-refractivity contribution in [3.05, 3.63) is 35.9 Å². The van der Waals surface area contributed by atoms with Gasteiger partial charge in [-0.1, -0.05) is 65.1 Å². The van der Waals surface area contributed by atoms with Gasteiger partial charge in [0.1, 0.15) is 6.10 Å². The minimum absolute atomic E-state index is 0.450. The largest absolute Gasteiger partial charge is 0.458 e. The lowest BCUT2D eigenvalue weighted by atomic mass is 10.1. The van der Waals surface area contributed by atoms with Crippen LogP contribution in [0.1, 0.15) is 18.9 Å². The number of hydrogen-bond donors (Lipinski definition) is 0. The molecule has 0 aliphatic heterocycles. The zero-order valence-electron chi connectivity index (χ0n) is 9.33. The van der Waals surface area contributed by atoms with Crippen LogP contribution in [0.5, 0.6) is 0 Å². The van der Waals surface area contributed by atoms with Crippen molar-refractivity contribution in [1.29, 1.82) is 0 Å². The van der Waals surface area contributed by atoms with E-state index in [0.29, 0.717) is 12.8 Å². The van der Waals surface area contributed by atoms with Gasteiger partial charge in [-0.05, 0) is 18.4 Å². The molecule has 1 aromatic carbocycles. The fourth-order valence-corrected chi connectivity index (χ4v) is 1.89. The lowest BCUT2D eigenvalue weighted by Crippen LogP contribution is -2.31. The molecular formula is C12H13Cl3O2. The summed E-state index contributed by atoms with van der Waals surface area (Å²) in [5.74, 6) is -0.450. The number of esters is 1. The topological polar surface area (TPSA) is 26.3 Å². The first kappa shape index (κ1) is 14.6. The molecule has 0 aliphatic rings. The lowest BCUT2D eigenvalue weighted by molar-refractivity contribution is -0.146. The molecule has 0 amide bonds. The highest BCUT2D eigenvalue weighted by molar-refractivity contribution is 6.68. The Bertz CT molecular complexity index is 360. The van der Waals surface area contributed by atoms with Crippen LogP contribution in [0.3, 0.4) is 0 Å². The average Bonchev–Trinajstić information content (AvgIpc) is 2.23. The lowest BCUT2D eigenvalue weighted by Gasteiger charge is -2.23. The number of carbonyl (C=O) groups is 1. The summed E-state index contributed by atoms with van der Waals surface area (Å²) in [7, 11) is 0. The molecule has 0 aliphatic carbocycles. The normalized spacial score (nSPS) is 13.2. The van der Waals surface area contributed by atoms with Gasteiger partial charge in [0, 0.05) is 6.92 Å². The maximum absolute atomic E-state index is 10.9. The zero-order chi connectivity index (χ0) is 12.9. The van der Waals surface area contributed by atoms with Crippen LogP contribution in [0.25, 0.3) is 0 Å². The second-order valence-corrected chi connectivity index (χ2v) is 6.03. The molecule has 1 rings (SSSR count). The van der Waals surface area contributed by atoms with Gasteiger partial charge in [0.15, 0.2) is 0 Å². The van der Waals surface area contributed by atoms with Crippen LogP contribution in [0, 0.1) is 0 Å². The summed E-state index contributed by atoms with van der Waals surface area (Å²) in [6.07, 6.45) is 0.428. The molecule has 0 saturated heterocycles. The predicted octanol–water partition coefficient (Wildman–Crippen LogP) is 3.92. The number of halogens is 3. The first-order valence-electron chi connectivity index (χ1n) is 5.17. The number of ether oxygens (including phenoxy) is 1. The van der Waals surface area contributed by atoms with E-state index in [9.17, 15) is 4.79 Å². The third-order valence-electron chi connectivity index (χ3n) is 2.21. The number of alkyl halides is 3. The van der Waals surface area contributed by atoms with Crippen LogP contribution >= 0.6 is 34.8 Å². The fourth-order valence-electron chi connectivity index (χ4n) is 1.43. The monoisotopic (exact) mass is 294 g/mol. The zero-order valence-corrected chi connectivity index (χ0v) is 11.6. The second-order valence-electron chi connectivity index (χ2n) is 3.66. The van der Waals surface area contributed by atoms with Crippen LogP contribution in [-0.2, 0) is 16.0 Å². The van der Waals surface area contributed by atoms with Crippen LogP contribution in [-0.4, -0.2) is 15.9 Å². The average molecular weight is 296 g/mol. The Hall–Kier alpha value is -0.440. The Morgan fingerprint density at radius 1 is 1.29 bits per heavy atom. The number of benzene rings is 1. The maximum Gasteiger partial charge on any atom is 0.303 e. The van der Waals surface area contributed by atoms with Crippen molar-refractivity contribution in [1.82, 2.24) is 0 Å². The molecule has 0 aromatic heterocycles.